The Kier molecular flexibility index (Phi) is 6.10. The molecule has 0 fully saturated rings. The summed E-state index contributed by atoms with van der Waals surface area (Å²) in [5.41, 5.74) is 0.170. The van der Waals surface area contributed by atoms with Gasteiger partial charge in [-0.05, 0) is 5.41 Å². The van der Waals surface area contributed by atoms with E-state index in [1.54, 1.807) is 0 Å². The Bertz CT molecular complexity index is 212. The number of halogens is 1. The first-order valence-electron chi connectivity index (χ1n) is 4.21. The van der Waals surface area contributed by atoms with Crippen molar-refractivity contribution in [2.75, 3.05) is 19.7 Å². The summed E-state index contributed by atoms with van der Waals surface area (Å²) in [6, 6.07) is 0. The lowest BCUT2D eigenvalue weighted by Gasteiger charge is -2.24. The molecular formula is C7H17INO4P. The van der Waals surface area contributed by atoms with Crippen LogP contribution in [0.2, 0.25) is 0 Å². The van der Waals surface area contributed by atoms with Crippen LogP contribution in [0.3, 0.4) is 0 Å². The van der Waals surface area contributed by atoms with Gasteiger partial charge in [0.1, 0.15) is 0 Å². The Morgan fingerprint density at radius 1 is 1.43 bits per heavy atom. The fourth-order valence-corrected chi connectivity index (χ4v) is 2.39. The van der Waals surface area contributed by atoms with Gasteiger partial charge in [-0.2, -0.15) is 0 Å². The van der Waals surface area contributed by atoms with Crippen molar-refractivity contribution < 1.29 is 18.9 Å². The van der Waals surface area contributed by atoms with Gasteiger partial charge in [0.2, 0.25) is 0 Å². The minimum absolute atomic E-state index is 0.0449. The molecule has 86 valence electrons. The minimum Gasteiger partial charge on any atom is -0.303 e. The van der Waals surface area contributed by atoms with Crippen LogP contribution in [0.15, 0.2) is 0 Å². The predicted octanol–water partition coefficient (Wildman–Crippen LogP) is 1.79. The summed E-state index contributed by atoms with van der Waals surface area (Å²) in [7, 11) is -4.30. The van der Waals surface area contributed by atoms with Gasteiger partial charge in [0.05, 0.1) is 6.61 Å². The Balaban J connectivity index is 3.66. The molecule has 0 radical (unpaired) electrons. The monoisotopic (exact) mass is 337 g/mol. The van der Waals surface area contributed by atoms with Crippen molar-refractivity contribution in [3.8, 4) is 0 Å². The number of hydrogen-bond donors (Lipinski definition) is 2. The highest BCUT2D eigenvalue weighted by atomic mass is 127. The topological polar surface area (TPSA) is 70.0 Å². The zero-order valence-corrected chi connectivity index (χ0v) is 11.7. The normalized spacial score (nSPS) is 13.6. The number of phosphoric ester groups is 1. The van der Waals surface area contributed by atoms with Crippen LogP contribution < -0.4 is 0 Å². The Hall–Kier alpha value is 0.800. The smallest absolute Gasteiger partial charge is 0.303 e. The lowest BCUT2D eigenvalue weighted by molar-refractivity contribution is 0.183. The van der Waals surface area contributed by atoms with Crippen LogP contribution in [0.25, 0.3) is 0 Å². The standard InChI is InChI=1S/C7H17INO4P/c1-7(2,3)6-9(8)4-5-13-14(10,11)12/h4-6H2,1-3H3,(H2,10,11,12). The molecule has 0 atom stereocenters. The summed E-state index contributed by atoms with van der Waals surface area (Å²) in [6.07, 6.45) is 0. The molecule has 0 aromatic carbocycles. The molecule has 0 saturated heterocycles. The van der Waals surface area contributed by atoms with Crippen molar-refractivity contribution in [3.63, 3.8) is 0 Å². The fraction of sp³-hybridized carbons (Fsp3) is 1.00. The first kappa shape index (κ1) is 14.8. The summed E-state index contributed by atoms with van der Waals surface area (Å²) in [5.74, 6) is 0. The largest absolute Gasteiger partial charge is 0.469 e. The number of hydrogen-bond acceptors (Lipinski definition) is 3. The number of phosphoric acid groups is 1. The molecule has 0 aliphatic rings. The van der Waals surface area contributed by atoms with E-state index in [1.807, 2.05) is 3.11 Å². The Morgan fingerprint density at radius 2 is 1.93 bits per heavy atom. The third-order valence-corrected chi connectivity index (χ3v) is 2.58. The predicted molar refractivity (Wildman–Crippen MR) is 63.0 cm³/mol. The van der Waals surface area contributed by atoms with E-state index in [2.05, 4.69) is 48.2 Å². The molecule has 0 amide bonds. The summed E-state index contributed by atoms with van der Waals surface area (Å²) < 4.78 is 16.6. The molecule has 0 saturated carbocycles. The molecule has 0 aliphatic carbocycles. The average molecular weight is 337 g/mol. The van der Waals surface area contributed by atoms with Crippen molar-refractivity contribution in [1.82, 2.24) is 3.11 Å². The SMILES string of the molecule is CC(C)(C)CN(I)CCOP(=O)(O)O. The van der Waals surface area contributed by atoms with Gasteiger partial charge in [-0.3, -0.25) is 4.52 Å². The molecule has 0 unspecified atom stereocenters. The molecule has 0 aromatic heterocycles. The van der Waals surface area contributed by atoms with Crippen LogP contribution in [0.1, 0.15) is 20.8 Å². The van der Waals surface area contributed by atoms with Crippen molar-refractivity contribution in [2.24, 2.45) is 5.41 Å². The lowest BCUT2D eigenvalue weighted by atomic mass is 9.97. The van der Waals surface area contributed by atoms with E-state index in [9.17, 15) is 4.57 Å². The van der Waals surface area contributed by atoms with Gasteiger partial charge in [-0.1, -0.05) is 20.8 Å². The van der Waals surface area contributed by atoms with Gasteiger partial charge in [0, 0.05) is 36.0 Å². The van der Waals surface area contributed by atoms with E-state index in [-0.39, 0.29) is 12.0 Å². The molecule has 0 rings (SSSR count). The van der Waals surface area contributed by atoms with E-state index < -0.39 is 7.82 Å². The Morgan fingerprint density at radius 3 is 2.29 bits per heavy atom. The van der Waals surface area contributed by atoms with E-state index in [4.69, 9.17) is 9.79 Å². The number of nitrogens with zero attached hydrogens (tertiary/aromatic N) is 1. The van der Waals surface area contributed by atoms with E-state index in [0.29, 0.717) is 6.54 Å². The molecule has 0 aliphatic heterocycles. The van der Waals surface area contributed by atoms with Crippen LogP contribution in [0, 0.1) is 5.41 Å². The van der Waals surface area contributed by atoms with Gasteiger partial charge >= 0.3 is 7.82 Å². The van der Waals surface area contributed by atoms with E-state index in [0.717, 1.165) is 6.54 Å². The molecule has 0 bridgehead atoms. The second-order valence-corrected chi connectivity index (χ2v) is 6.83. The second-order valence-electron chi connectivity index (χ2n) is 4.23. The maximum atomic E-state index is 10.3. The molecular weight excluding hydrogens is 320 g/mol. The number of rotatable bonds is 5. The average Bonchev–Trinajstić information content (AvgIpc) is 1.78. The summed E-state index contributed by atoms with van der Waals surface area (Å²) in [4.78, 5) is 16.9. The third-order valence-electron chi connectivity index (χ3n) is 1.24. The van der Waals surface area contributed by atoms with E-state index in [1.165, 1.54) is 0 Å². The fourth-order valence-electron chi connectivity index (χ4n) is 0.853. The molecule has 0 aromatic rings. The van der Waals surface area contributed by atoms with Crippen LogP contribution in [-0.2, 0) is 9.09 Å². The highest BCUT2D eigenvalue weighted by Crippen LogP contribution is 2.35. The van der Waals surface area contributed by atoms with Gasteiger partial charge < -0.3 is 9.79 Å². The molecule has 5 nitrogen and oxygen atoms in total. The molecule has 2 N–H and O–H groups in total. The molecule has 0 spiro atoms. The van der Waals surface area contributed by atoms with Crippen LogP contribution in [-0.4, -0.2) is 32.6 Å². The first-order valence-corrected chi connectivity index (χ1v) is 6.70. The van der Waals surface area contributed by atoms with Crippen LogP contribution in [0.5, 0.6) is 0 Å². The van der Waals surface area contributed by atoms with Crippen molar-refractivity contribution >= 4 is 30.7 Å². The van der Waals surface area contributed by atoms with Crippen molar-refractivity contribution in [2.45, 2.75) is 20.8 Å². The molecule has 0 heterocycles. The lowest BCUT2D eigenvalue weighted by Crippen LogP contribution is -2.27. The minimum atomic E-state index is -4.30. The quantitative estimate of drug-likeness (QED) is 0.455. The van der Waals surface area contributed by atoms with Gasteiger partial charge in [-0.15, -0.1) is 0 Å². The summed E-state index contributed by atoms with van der Waals surface area (Å²) in [6.45, 7) is 7.69. The molecule has 7 heteroatoms. The summed E-state index contributed by atoms with van der Waals surface area (Å²) >= 11 is 2.12. The van der Waals surface area contributed by atoms with Gasteiger partial charge in [-0.25, -0.2) is 7.68 Å². The Labute approximate surface area is 98.6 Å². The summed E-state index contributed by atoms with van der Waals surface area (Å²) in [5, 5.41) is 0. The van der Waals surface area contributed by atoms with Crippen molar-refractivity contribution in [3.05, 3.63) is 0 Å². The van der Waals surface area contributed by atoms with Crippen LogP contribution in [0.4, 0.5) is 0 Å². The van der Waals surface area contributed by atoms with E-state index >= 15 is 0 Å². The van der Waals surface area contributed by atoms with Gasteiger partial charge in [0.15, 0.2) is 0 Å². The van der Waals surface area contributed by atoms with Gasteiger partial charge in [0.25, 0.3) is 0 Å². The third kappa shape index (κ3) is 10.9. The zero-order valence-electron chi connectivity index (χ0n) is 8.60. The highest BCUT2D eigenvalue weighted by Gasteiger charge is 2.17. The van der Waals surface area contributed by atoms with Crippen LogP contribution >= 0.6 is 30.7 Å². The maximum Gasteiger partial charge on any atom is 0.469 e. The zero-order chi connectivity index (χ0) is 11.4. The second kappa shape index (κ2) is 5.77. The first-order chi connectivity index (χ1) is 6.10. The highest BCUT2D eigenvalue weighted by molar-refractivity contribution is 14.1. The molecule has 14 heavy (non-hydrogen) atoms. The van der Waals surface area contributed by atoms with Crippen molar-refractivity contribution in [1.29, 1.82) is 0 Å². The maximum absolute atomic E-state index is 10.3.